The molecule has 1 N–H and O–H groups in total. The van der Waals surface area contributed by atoms with Crippen LogP contribution in [0.1, 0.15) is 30.2 Å². The fourth-order valence-electron chi connectivity index (χ4n) is 3.29. The van der Waals surface area contributed by atoms with E-state index in [1.807, 2.05) is 35.0 Å². The normalized spacial score (nSPS) is 12.7. The van der Waals surface area contributed by atoms with Crippen LogP contribution >= 0.6 is 0 Å². The van der Waals surface area contributed by atoms with E-state index in [0.717, 1.165) is 43.1 Å². The number of ether oxygens (including phenoxy) is 1. The number of nitrogens with one attached hydrogen (secondary N) is 1. The van der Waals surface area contributed by atoms with Crippen LogP contribution in [-0.2, 0) is 19.4 Å². The van der Waals surface area contributed by atoms with E-state index in [0.29, 0.717) is 6.61 Å². The minimum Gasteiger partial charge on any atom is -0.489 e. The number of hydrogen-bond donors (Lipinski definition) is 1. The van der Waals surface area contributed by atoms with E-state index in [9.17, 15) is 0 Å². The van der Waals surface area contributed by atoms with Gasteiger partial charge in [-0.15, -0.1) is 0 Å². The van der Waals surface area contributed by atoms with Crippen molar-refractivity contribution in [1.82, 2.24) is 9.78 Å². The van der Waals surface area contributed by atoms with Crippen molar-refractivity contribution in [3.8, 4) is 11.4 Å². The van der Waals surface area contributed by atoms with Gasteiger partial charge in [-0.1, -0.05) is 43.7 Å². The maximum Gasteiger partial charge on any atom is 0.133 e. The molecule has 0 aliphatic carbocycles. The van der Waals surface area contributed by atoms with Crippen molar-refractivity contribution < 1.29 is 4.74 Å². The third-order valence-corrected chi connectivity index (χ3v) is 4.55. The molecule has 0 unspecified atom stereocenters. The standard InChI is InChI=1S/C21H23N3O/c1-2-6-20-19-13-14-22-21(19)24(23-20)17-9-11-18(12-10-17)25-15-16-7-4-3-5-8-16/h3-5,7-12,22H,2,6,13-15H2,1H3. The van der Waals surface area contributed by atoms with Crippen molar-refractivity contribution in [1.29, 1.82) is 0 Å². The van der Waals surface area contributed by atoms with Crippen LogP contribution in [0.15, 0.2) is 54.6 Å². The van der Waals surface area contributed by atoms with E-state index in [-0.39, 0.29) is 0 Å². The summed E-state index contributed by atoms with van der Waals surface area (Å²) in [7, 11) is 0. The topological polar surface area (TPSA) is 39.1 Å². The van der Waals surface area contributed by atoms with Crippen LogP contribution in [0.4, 0.5) is 5.82 Å². The molecule has 0 saturated carbocycles. The second-order valence-corrected chi connectivity index (χ2v) is 6.38. The van der Waals surface area contributed by atoms with Gasteiger partial charge in [-0.2, -0.15) is 5.10 Å². The van der Waals surface area contributed by atoms with Crippen LogP contribution in [0.3, 0.4) is 0 Å². The van der Waals surface area contributed by atoms with Gasteiger partial charge in [0, 0.05) is 12.1 Å². The molecule has 0 spiro atoms. The Balaban J connectivity index is 1.52. The molecule has 1 aliphatic rings. The minimum atomic E-state index is 0.583. The van der Waals surface area contributed by atoms with Crippen LogP contribution in [0, 0.1) is 0 Å². The zero-order valence-corrected chi connectivity index (χ0v) is 14.5. The quantitative estimate of drug-likeness (QED) is 0.728. The second-order valence-electron chi connectivity index (χ2n) is 6.38. The van der Waals surface area contributed by atoms with Crippen molar-refractivity contribution in [3.05, 3.63) is 71.4 Å². The van der Waals surface area contributed by atoms with Crippen LogP contribution in [0.2, 0.25) is 0 Å². The van der Waals surface area contributed by atoms with Gasteiger partial charge < -0.3 is 10.1 Å². The van der Waals surface area contributed by atoms with E-state index in [2.05, 4.69) is 36.5 Å². The highest BCUT2D eigenvalue weighted by Gasteiger charge is 2.22. The summed E-state index contributed by atoms with van der Waals surface area (Å²) in [6.07, 6.45) is 3.23. The van der Waals surface area contributed by atoms with Crippen molar-refractivity contribution in [2.24, 2.45) is 0 Å². The molecule has 1 aromatic heterocycles. The third-order valence-electron chi connectivity index (χ3n) is 4.55. The summed E-state index contributed by atoms with van der Waals surface area (Å²) in [5.74, 6) is 2.03. The fourth-order valence-corrected chi connectivity index (χ4v) is 3.29. The molecule has 0 radical (unpaired) electrons. The number of benzene rings is 2. The molecule has 3 aromatic rings. The number of fused-ring (bicyclic) bond motifs is 1. The first-order chi connectivity index (χ1) is 12.3. The number of rotatable bonds is 6. The summed E-state index contributed by atoms with van der Waals surface area (Å²) in [5.41, 5.74) is 4.85. The highest BCUT2D eigenvalue weighted by molar-refractivity contribution is 5.57. The van der Waals surface area contributed by atoms with Crippen LogP contribution in [0.5, 0.6) is 5.75 Å². The first-order valence-electron chi connectivity index (χ1n) is 8.97. The smallest absolute Gasteiger partial charge is 0.133 e. The number of anilines is 1. The van der Waals surface area contributed by atoms with E-state index < -0.39 is 0 Å². The fraction of sp³-hybridized carbons (Fsp3) is 0.286. The van der Waals surface area contributed by atoms with Gasteiger partial charge in [-0.05, 0) is 42.7 Å². The lowest BCUT2D eigenvalue weighted by Gasteiger charge is -2.09. The monoisotopic (exact) mass is 333 g/mol. The predicted octanol–water partition coefficient (Wildman–Crippen LogP) is 4.37. The molecule has 128 valence electrons. The van der Waals surface area contributed by atoms with Gasteiger partial charge in [-0.3, -0.25) is 0 Å². The lowest BCUT2D eigenvalue weighted by molar-refractivity contribution is 0.306. The minimum absolute atomic E-state index is 0.583. The zero-order valence-electron chi connectivity index (χ0n) is 14.5. The molecule has 2 aromatic carbocycles. The van der Waals surface area contributed by atoms with Crippen LogP contribution in [-0.4, -0.2) is 16.3 Å². The summed E-state index contributed by atoms with van der Waals surface area (Å²) in [5, 5.41) is 8.30. The lowest BCUT2D eigenvalue weighted by atomic mass is 10.1. The Kier molecular flexibility index (Phi) is 4.42. The van der Waals surface area contributed by atoms with Gasteiger partial charge >= 0.3 is 0 Å². The molecular formula is C21H23N3O. The van der Waals surface area contributed by atoms with Crippen molar-refractivity contribution in [2.75, 3.05) is 11.9 Å². The van der Waals surface area contributed by atoms with Gasteiger partial charge in [0.1, 0.15) is 18.2 Å². The maximum atomic E-state index is 5.87. The highest BCUT2D eigenvalue weighted by atomic mass is 16.5. The van der Waals surface area contributed by atoms with Crippen molar-refractivity contribution in [3.63, 3.8) is 0 Å². The molecular weight excluding hydrogens is 310 g/mol. The molecule has 4 nitrogen and oxygen atoms in total. The van der Waals surface area contributed by atoms with Crippen molar-refractivity contribution in [2.45, 2.75) is 32.8 Å². The van der Waals surface area contributed by atoms with Crippen LogP contribution in [0.25, 0.3) is 5.69 Å². The Labute approximate surface area is 148 Å². The Hall–Kier alpha value is -2.75. The first kappa shape index (κ1) is 15.8. The molecule has 4 heteroatoms. The number of aryl methyl sites for hydroxylation is 1. The molecule has 0 atom stereocenters. The van der Waals surface area contributed by atoms with Gasteiger partial charge in [0.25, 0.3) is 0 Å². The third kappa shape index (κ3) is 3.25. The Morgan fingerprint density at radius 3 is 2.64 bits per heavy atom. The Morgan fingerprint density at radius 2 is 1.88 bits per heavy atom. The van der Waals surface area contributed by atoms with Crippen LogP contribution < -0.4 is 10.1 Å². The summed E-state index contributed by atoms with van der Waals surface area (Å²) < 4.78 is 7.91. The molecule has 0 saturated heterocycles. The summed E-state index contributed by atoms with van der Waals surface area (Å²) >= 11 is 0. The molecule has 0 fully saturated rings. The van der Waals surface area contributed by atoms with Gasteiger partial charge in [-0.25, -0.2) is 4.68 Å². The van der Waals surface area contributed by atoms with E-state index in [1.165, 1.54) is 16.8 Å². The Morgan fingerprint density at radius 1 is 1.08 bits per heavy atom. The van der Waals surface area contributed by atoms with Gasteiger partial charge in [0.2, 0.25) is 0 Å². The number of hydrogen-bond acceptors (Lipinski definition) is 3. The molecule has 0 amide bonds. The largest absolute Gasteiger partial charge is 0.489 e. The maximum absolute atomic E-state index is 5.87. The highest BCUT2D eigenvalue weighted by Crippen LogP contribution is 2.30. The van der Waals surface area contributed by atoms with E-state index in [1.54, 1.807) is 0 Å². The van der Waals surface area contributed by atoms with E-state index >= 15 is 0 Å². The molecule has 1 aliphatic heterocycles. The zero-order chi connectivity index (χ0) is 17.1. The first-order valence-corrected chi connectivity index (χ1v) is 8.97. The average molecular weight is 333 g/mol. The SMILES string of the molecule is CCCc1nn(-c2ccc(OCc3ccccc3)cc2)c2c1CCN2. The van der Waals surface area contributed by atoms with Gasteiger partial charge in [0.05, 0.1) is 11.4 Å². The summed E-state index contributed by atoms with van der Waals surface area (Å²) in [6.45, 7) is 3.79. The van der Waals surface area contributed by atoms with Gasteiger partial charge in [0.15, 0.2) is 0 Å². The lowest BCUT2D eigenvalue weighted by Crippen LogP contribution is -2.05. The predicted molar refractivity (Wildman–Crippen MR) is 101 cm³/mol. The summed E-state index contributed by atoms with van der Waals surface area (Å²) in [6, 6.07) is 18.4. The average Bonchev–Trinajstić information content (AvgIpc) is 3.26. The molecule has 0 bridgehead atoms. The molecule has 2 heterocycles. The number of aromatic nitrogens is 2. The second kappa shape index (κ2) is 7.01. The van der Waals surface area contributed by atoms with Crippen molar-refractivity contribution >= 4 is 5.82 Å². The van der Waals surface area contributed by atoms with E-state index in [4.69, 9.17) is 9.84 Å². The summed E-state index contributed by atoms with van der Waals surface area (Å²) in [4.78, 5) is 0. The molecule has 25 heavy (non-hydrogen) atoms. The number of nitrogens with zero attached hydrogens (tertiary/aromatic N) is 2. The Bertz CT molecular complexity index is 838. The molecule has 4 rings (SSSR count).